The van der Waals surface area contributed by atoms with Gasteiger partial charge < -0.3 is 5.11 Å². The van der Waals surface area contributed by atoms with E-state index in [1.165, 1.54) is 34.4 Å². The summed E-state index contributed by atoms with van der Waals surface area (Å²) in [6.45, 7) is 0. The lowest BCUT2D eigenvalue weighted by molar-refractivity contribution is -0.132. The van der Waals surface area contributed by atoms with E-state index in [2.05, 4.69) is 20.9 Å². The predicted molar refractivity (Wildman–Crippen MR) is 125 cm³/mol. The SMILES string of the molecule is O=C1C(=O)N(c2nc3ccc(Br)cc3s2)C(c2ccccc2F)/C1=C(\O)c1ccccc1. The molecule has 1 fully saturated rings. The van der Waals surface area contributed by atoms with Crippen molar-refractivity contribution < 1.29 is 19.1 Å². The van der Waals surface area contributed by atoms with Crippen molar-refractivity contribution >= 4 is 60.1 Å². The van der Waals surface area contributed by atoms with E-state index in [-0.39, 0.29) is 22.0 Å². The molecule has 1 aliphatic heterocycles. The first kappa shape index (κ1) is 20.5. The number of ketones is 1. The van der Waals surface area contributed by atoms with Gasteiger partial charge in [0.05, 0.1) is 15.8 Å². The van der Waals surface area contributed by atoms with Crippen molar-refractivity contribution in [1.82, 2.24) is 4.98 Å². The van der Waals surface area contributed by atoms with Gasteiger partial charge in [-0.15, -0.1) is 0 Å². The van der Waals surface area contributed by atoms with Crippen LogP contribution in [0.3, 0.4) is 0 Å². The highest BCUT2D eigenvalue weighted by Gasteiger charge is 2.49. The molecular weight excluding hydrogens is 495 g/mol. The van der Waals surface area contributed by atoms with Crippen molar-refractivity contribution in [2.45, 2.75) is 6.04 Å². The predicted octanol–water partition coefficient (Wildman–Crippen LogP) is 5.82. The van der Waals surface area contributed by atoms with E-state index < -0.39 is 23.5 Å². The lowest BCUT2D eigenvalue weighted by Crippen LogP contribution is -2.29. The smallest absolute Gasteiger partial charge is 0.301 e. The Morgan fingerprint density at radius 1 is 1.03 bits per heavy atom. The number of hydrogen-bond donors (Lipinski definition) is 1. The summed E-state index contributed by atoms with van der Waals surface area (Å²) < 4.78 is 16.5. The van der Waals surface area contributed by atoms with Gasteiger partial charge in [0.25, 0.3) is 5.78 Å². The molecule has 8 heteroatoms. The molecule has 0 spiro atoms. The summed E-state index contributed by atoms with van der Waals surface area (Å²) in [5, 5.41) is 11.3. The van der Waals surface area contributed by atoms with Crippen LogP contribution < -0.4 is 4.90 Å². The van der Waals surface area contributed by atoms with Crippen LogP contribution in [0.2, 0.25) is 0 Å². The van der Waals surface area contributed by atoms with E-state index in [1.807, 2.05) is 12.1 Å². The Hall–Kier alpha value is -3.36. The molecule has 1 unspecified atom stereocenters. The van der Waals surface area contributed by atoms with Crippen molar-refractivity contribution in [3.05, 3.63) is 99.8 Å². The van der Waals surface area contributed by atoms with Crippen molar-refractivity contribution in [3.8, 4) is 0 Å². The number of aromatic nitrogens is 1. The first-order valence-corrected chi connectivity index (χ1v) is 11.2. The molecule has 5 nitrogen and oxygen atoms in total. The number of aliphatic hydroxyl groups excluding tert-OH is 1. The highest BCUT2D eigenvalue weighted by atomic mass is 79.9. The van der Waals surface area contributed by atoms with Gasteiger partial charge in [0.1, 0.15) is 17.6 Å². The quantitative estimate of drug-likeness (QED) is 0.215. The average Bonchev–Trinajstić information content (AvgIpc) is 3.32. The molecule has 1 saturated heterocycles. The minimum atomic E-state index is -1.15. The first-order valence-electron chi connectivity index (χ1n) is 9.62. The van der Waals surface area contributed by atoms with Crippen LogP contribution in [-0.2, 0) is 9.59 Å². The fourth-order valence-electron chi connectivity index (χ4n) is 3.76. The Morgan fingerprint density at radius 3 is 2.50 bits per heavy atom. The number of anilines is 1. The minimum Gasteiger partial charge on any atom is -0.507 e. The first-order chi connectivity index (χ1) is 15.5. The molecule has 0 saturated carbocycles. The second-order valence-electron chi connectivity index (χ2n) is 7.17. The van der Waals surface area contributed by atoms with Crippen molar-refractivity contribution in [2.75, 3.05) is 4.90 Å². The molecule has 0 bridgehead atoms. The number of carbonyl (C=O) groups is 2. The number of thiazole rings is 1. The van der Waals surface area contributed by atoms with Crippen molar-refractivity contribution in [1.29, 1.82) is 0 Å². The summed E-state index contributed by atoms with van der Waals surface area (Å²) in [6.07, 6.45) is 0. The lowest BCUT2D eigenvalue weighted by atomic mass is 9.95. The summed E-state index contributed by atoms with van der Waals surface area (Å²) >= 11 is 4.63. The summed E-state index contributed by atoms with van der Waals surface area (Å²) in [6, 6.07) is 18.6. The van der Waals surface area contributed by atoms with Crippen molar-refractivity contribution in [2.24, 2.45) is 0 Å². The molecule has 1 N–H and O–H groups in total. The van der Waals surface area contributed by atoms with E-state index in [9.17, 15) is 19.1 Å². The Labute approximate surface area is 194 Å². The standard InChI is InChI=1S/C24H14BrFN2O3S/c25-14-10-11-17-18(12-14)32-24(27-17)28-20(15-8-4-5-9-16(15)26)19(22(30)23(28)31)21(29)13-6-2-1-3-7-13/h1-12,20,29H/b21-19+. The minimum absolute atomic E-state index is 0.101. The van der Waals surface area contributed by atoms with Gasteiger partial charge in [-0.1, -0.05) is 75.8 Å². The van der Waals surface area contributed by atoms with Gasteiger partial charge in [-0.2, -0.15) is 0 Å². The van der Waals surface area contributed by atoms with Gasteiger partial charge >= 0.3 is 5.91 Å². The molecule has 32 heavy (non-hydrogen) atoms. The van der Waals surface area contributed by atoms with Gasteiger partial charge in [0, 0.05) is 15.6 Å². The third kappa shape index (κ3) is 3.32. The van der Waals surface area contributed by atoms with Gasteiger partial charge in [0.2, 0.25) is 0 Å². The number of aliphatic hydroxyl groups is 1. The van der Waals surface area contributed by atoms with Gasteiger partial charge in [-0.25, -0.2) is 9.37 Å². The number of hydrogen-bond acceptors (Lipinski definition) is 5. The number of amides is 1. The molecule has 1 atom stereocenters. The number of nitrogens with zero attached hydrogens (tertiary/aromatic N) is 2. The molecule has 0 radical (unpaired) electrons. The fraction of sp³-hybridized carbons (Fsp3) is 0.0417. The van der Waals surface area contributed by atoms with Crippen molar-refractivity contribution in [3.63, 3.8) is 0 Å². The second kappa shape index (κ2) is 7.96. The number of fused-ring (bicyclic) bond motifs is 1. The highest BCUT2D eigenvalue weighted by Crippen LogP contribution is 2.45. The molecule has 5 rings (SSSR count). The maximum atomic E-state index is 14.9. The number of carbonyl (C=O) groups excluding carboxylic acids is 2. The molecule has 158 valence electrons. The molecule has 3 aromatic carbocycles. The molecule has 2 heterocycles. The number of halogens is 2. The monoisotopic (exact) mass is 508 g/mol. The summed E-state index contributed by atoms with van der Waals surface area (Å²) in [4.78, 5) is 32.0. The Morgan fingerprint density at radius 2 is 1.75 bits per heavy atom. The molecule has 0 aliphatic carbocycles. The summed E-state index contributed by atoms with van der Waals surface area (Å²) in [7, 11) is 0. The van der Waals surface area contributed by atoms with E-state index >= 15 is 0 Å². The third-order valence-electron chi connectivity index (χ3n) is 5.24. The molecule has 1 aliphatic rings. The van der Waals surface area contributed by atoms with E-state index in [4.69, 9.17) is 0 Å². The fourth-order valence-corrected chi connectivity index (χ4v) is 5.31. The van der Waals surface area contributed by atoms with E-state index in [0.29, 0.717) is 11.1 Å². The summed E-state index contributed by atoms with van der Waals surface area (Å²) in [5.74, 6) is -2.70. The highest BCUT2D eigenvalue weighted by molar-refractivity contribution is 9.10. The topological polar surface area (TPSA) is 70.5 Å². The van der Waals surface area contributed by atoms with Crippen LogP contribution in [0.5, 0.6) is 0 Å². The Kier molecular flexibility index (Phi) is 5.11. The zero-order chi connectivity index (χ0) is 22.4. The van der Waals surface area contributed by atoms with Crippen LogP contribution in [-0.4, -0.2) is 21.8 Å². The second-order valence-corrected chi connectivity index (χ2v) is 9.09. The Balaban J connectivity index is 1.76. The number of benzene rings is 3. The molecule has 4 aromatic rings. The van der Waals surface area contributed by atoms with Crippen LogP contribution in [0.15, 0.2) is 82.8 Å². The average molecular weight is 509 g/mol. The van der Waals surface area contributed by atoms with Gasteiger partial charge in [0.15, 0.2) is 5.13 Å². The van der Waals surface area contributed by atoms with Crippen LogP contribution in [0.25, 0.3) is 16.0 Å². The van der Waals surface area contributed by atoms with Crippen LogP contribution in [0.4, 0.5) is 9.52 Å². The molecule has 1 aromatic heterocycles. The van der Waals surface area contributed by atoms with Gasteiger partial charge in [-0.3, -0.25) is 14.5 Å². The Bertz CT molecular complexity index is 1420. The number of Topliss-reactive ketones (excluding diaryl/α,β-unsaturated/α-hetero) is 1. The normalized spacial score (nSPS) is 17.9. The van der Waals surface area contributed by atoms with E-state index in [0.717, 1.165) is 9.17 Å². The molecule has 1 amide bonds. The van der Waals surface area contributed by atoms with Crippen LogP contribution in [0, 0.1) is 5.82 Å². The maximum Gasteiger partial charge on any atom is 0.301 e. The zero-order valence-electron chi connectivity index (χ0n) is 16.3. The zero-order valence-corrected chi connectivity index (χ0v) is 18.7. The van der Waals surface area contributed by atoms with E-state index in [1.54, 1.807) is 42.5 Å². The van der Waals surface area contributed by atoms with Crippen LogP contribution in [0.1, 0.15) is 17.2 Å². The summed E-state index contributed by atoms with van der Waals surface area (Å²) in [5.41, 5.74) is 0.932. The maximum absolute atomic E-state index is 14.9. The molecular formula is C24H14BrFN2O3S. The van der Waals surface area contributed by atoms with Gasteiger partial charge in [-0.05, 0) is 24.3 Å². The third-order valence-corrected chi connectivity index (χ3v) is 6.75. The lowest BCUT2D eigenvalue weighted by Gasteiger charge is -2.23. The number of rotatable bonds is 3. The van der Waals surface area contributed by atoms with Crippen LogP contribution >= 0.6 is 27.3 Å². The largest absolute Gasteiger partial charge is 0.507 e.